The molecule has 6 heteroatoms. The van der Waals surface area contributed by atoms with Crippen LogP contribution < -0.4 is 10.6 Å². The molecule has 2 aromatic rings. The molecule has 3 rings (SSSR count). The van der Waals surface area contributed by atoms with Crippen molar-refractivity contribution in [1.29, 1.82) is 0 Å². The molecule has 116 valence electrons. The van der Waals surface area contributed by atoms with E-state index in [4.69, 9.17) is 10.2 Å². The predicted octanol–water partition coefficient (Wildman–Crippen LogP) is 3.67. The zero-order valence-electron chi connectivity index (χ0n) is 12.3. The lowest BCUT2D eigenvalue weighted by Gasteiger charge is -2.30. The van der Waals surface area contributed by atoms with E-state index in [-0.39, 0.29) is 24.8 Å². The standard InChI is InChI=1S/C15H19N3O.2ClH/c1-10-11(2)19-15(17-10)9-18-8-4-5-12-13(16)6-3-7-14(12)18;;/h3,6-7H,4-5,8-9,16H2,1-2H3;2*1H. The van der Waals surface area contributed by atoms with Gasteiger partial charge in [0.25, 0.3) is 0 Å². The Labute approximate surface area is 137 Å². The lowest BCUT2D eigenvalue weighted by molar-refractivity contribution is 0.462. The Kier molecular flexibility index (Phi) is 5.93. The summed E-state index contributed by atoms with van der Waals surface area (Å²) in [6.45, 7) is 5.67. The molecule has 2 N–H and O–H groups in total. The average Bonchev–Trinajstić information content (AvgIpc) is 2.70. The van der Waals surface area contributed by atoms with Gasteiger partial charge in [0.05, 0.1) is 12.2 Å². The highest BCUT2D eigenvalue weighted by Gasteiger charge is 2.20. The highest BCUT2D eigenvalue weighted by Crippen LogP contribution is 2.32. The van der Waals surface area contributed by atoms with Crippen LogP contribution in [-0.4, -0.2) is 11.5 Å². The fourth-order valence-electron chi connectivity index (χ4n) is 2.66. The summed E-state index contributed by atoms with van der Waals surface area (Å²) in [7, 11) is 0. The van der Waals surface area contributed by atoms with Gasteiger partial charge in [-0.3, -0.25) is 0 Å². The SMILES string of the molecule is Cc1nc(CN2CCCc3c(N)cccc32)oc1C.Cl.Cl. The quantitative estimate of drug-likeness (QED) is 0.854. The van der Waals surface area contributed by atoms with E-state index in [1.165, 1.54) is 11.3 Å². The van der Waals surface area contributed by atoms with Crippen molar-refractivity contribution in [1.82, 2.24) is 4.98 Å². The van der Waals surface area contributed by atoms with Crippen molar-refractivity contribution >= 4 is 36.2 Å². The number of anilines is 2. The van der Waals surface area contributed by atoms with Gasteiger partial charge in [-0.15, -0.1) is 24.8 Å². The molecule has 1 aliphatic rings. The Hall–Kier alpha value is -1.39. The molecule has 0 amide bonds. The van der Waals surface area contributed by atoms with Crippen molar-refractivity contribution in [2.24, 2.45) is 0 Å². The van der Waals surface area contributed by atoms with Gasteiger partial charge in [0.1, 0.15) is 5.76 Å². The predicted molar refractivity (Wildman–Crippen MR) is 90.7 cm³/mol. The Balaban J connectivity index is 0.00000110. The van der Waals surface area contributed by atoms with Gasteiger partial charge in [-0.25, -0.2) is 4.98 Å². The first-order valence-corrected chi connectivity index (χ1v) is 6.70. The third-order valence-electron chi connectivity index (χ3n) is 3.78. The molecule has 0 spiro atoms. The third-order valence-corrected chi connectivity index (χ3v) is 3.78. The minimum Gasteiger partial charge on any atom is -0.444 e. The number of nitrogens with zero attached hydrogens (tertiary/aromatic N) is 2. The maximum Gasteiger partial charge on any atom is 0.214 e. The summed E-state index contributed by atoms with van der Waals surface area (Å²) in [6.07, 6.45) is 2.18. The van der Waals surface area contributed by atoms with Gasteiger partial charge in [-0.1, -0.05) is 6.07 Å². The van der Waals surface area contributed by atoms with Crippen LogP contribution in [0.1, 0.15) is 29.3 Å². The molecule has 1 aliphatic heterocycles. The largest absolute Gasteiger partial charge is 0.444 e. The molecule has 0 unspecified atom stereocenters. The molecule has 0 atom stereocenters. The van der Waals surface area contributed by atoms with Crippen molar-refractivity contribution < 1.29 is 4.42 Å². The van der Waals surface area contributed by atoms with Gasteiger partial charge >= 0.3 is 0 Å². The number of halogens is 2. The van der Waals surface area contributed by atoms with Gasteiger partial charge < -0.3 is 15.1 Å². The Bertz CT molecular complexity index is 593. The summed E-state index contributed by atoms with van der Waals surface area (Å²) in [5.41, 5.74) is 10.4. The molecule has 1 aromatic carbocycles. The van der Waals surface area contributed by atoms with Crippen molar-refractivity contribution in [3.05, 3.63) is 41.1 Å². The van der Waals surface area contributed by atoms with Crippen LogP contribution in [0, 0.1) is 13.8 Å². The van der Waals surface area contributed by atoms with E-state index in [2.05, 4.69) is 16.0 Å². The monoisotopic (exact) mass is 329 g/mol. The van der Waals surface area contributed by atoms with Gasteiger partial charge in [0.2, 0.25) is 5.89 Å². The van der Waals surface area contributed by atoms with Gasteiger partial charge in [-0.05, 0) is 44.4 Å². The number of oxazole rings is 1. The molecular formula is C15H21Cl2N3O. The smallest absolute Gasteiger partial charge is 0.214 e. The lowest BCUT2D eigenvalue weighted by atomic mass is 10.00. The maximum absolute atomic E-state index is 6.06. The lowest BCUT2D eigenvalue weighted by Crippen LogP contribution is -2.29. The van der Waals surface area contributed by atoms with Crippen LogP contribution in [0.4, 0.5) is 11.4 Å². The van der Waals surface area contributed by atoms with Crippen molar-refractivity contribution in [3.63, 3.8) is 0 Å². The molecule has 4 nitrogen and oxygen atoms in total. The number of aryl methyl sites for hydroxylation is 2. The second kappa shape index (κ2) is 7.05. The van der Waals surface area contributed by atoms with Crippen molar-refractivity contribution in [2.45, 2.75) is 33.2 Å². The van der Waals surface area contributed by atoms with E-state index >= 15 is 0 Å². The number of nitrogen functional groups attached to an aromatic ring is 1. The Morgan fingerprint density at radius 2 is 2.05 bits per heavy atom. The summed E-state index contributed by atoms with van der Waals surface area (Å²) in [4.78, 5) is 6.77. The van der Waals surface area contributed by atoms with E-state index in [0.29, 0.717) is 6.54 Å². The number of aromatic nitrogens is 1. The zero-order valence-corrected chi connectivity index (χ0v) is 13.9. The maximum atomic E-state index is 6.06. The summed E-state index contributed by atoms with van der Waals surface area (Å²) < 4.78 is 5.68. The summed E-state index contributed by atoms with van der Waals surface area (Å²) >= 11 is 0. The van der Waals surface area contributed by atoms with E-state index < -0.39 is 0 Å². The minimum atomic E-state index is 0. The fourth-order valence-corrected chi connectivity index (χ4v) is 2.66. The molecule has 2 heterocycles. The minimum absolute atomic E-state index is 0. The van der Waals surface area contributed by atoms with Gasteiger partial charge in [-0.2, -0.15) is 0 Å². The molecule has 0 saturated heterocycles. The first-order chi connectivity index (χ1) is 9.15. The van der Waals surface area contributed by atoms with Crippen LogP contribution in [0.3, 0.4) is 0 Å². The van der Waals surface area contributed by atoms with E-state index in [9.17, 15) is 0 Å². The molecule has 0 bridgehead atoms. The van der Waals surface area contributed by atoms with E-state index in [1.54, 1.807) is 0 Å². The normalized spacial score (nSPS) is 13.1. The fraction of sp³-hybridized carbons (Fsp3) is 0.400. The second-order valence-corrected chi connectivity index (χ2v) is 5.12. The molecule has 1 aromatic heterocycles. The van der Waals surface area contributed by atoms with Crippen LogP contribution in [0.15, 0.2) is 22.6 Å². The number of rotatable bonds is 2. The topological polar surface area (TPSA) is 55.3 Å². The summed E-state index contributed by atoms with van der Waals surface area (Å²) in [5, 5.41) is 0. The summed E-state index contributed by atoms with van der Waals surface area (Å²) in [5.74, 6) is 1.69. The van der Waals surface area contributed by atoms with Crippen LogP contribution >= 0.6 is 24.8 Å². The highest BCUT2D eigenvalue weighted by atomic mass is 35.5. The number of hydrogen-bond donors (Lipinski definition) is 1. The number of nitrogens with two attached hydrogens (primary N) is 1. The molecule has 0 saturated carbocycles. The third kappa shape index (κ3) is 3.44. The zero-order chi connectivity index (χ0) is 13.4. The number of benzene rings is 1. The molecule has 0 aliphatic carbocycles. The van der Waals surface area contributed by atoms with Crippen molar-refractivity contribution in [2.75, 3.05) is 17.2 Å². The van der Waals surface area contributed by atoms with Gasteiger partial charge in [0.15, 0.2) is 0 Å². The molecule has 0 fully saturated rings. The van der Waals surface area contributed by atoms with Crippen LogP contribution in [0.5, 0.6) is 0 Å². The number of hydrogen-bond acceptors (Lipinski definition) is 4. The van der Waals surface area contributed by atoms with Gasteiger partial charge in [0, 0.05) is 17.9 Å². The van der Waals surface area contributed by atoms with E-state index in [0.717, 1.165) is 42.4 Å². The summed E-state index contributed by atoms with van der Waals surface area (Å²) in [6, 6.07) is 6.12. The Morgan fingerprint density at radius 1 is 1.29 bits per heavy atom. The highest BCUT2D eigenvalue weighted by molar-refractivity contribution is 5.85. The van der Waals surface area contributed by atoms with Crippen LogP contribution in [0.25, 0.3) is 0 Å². The molecular weight excluding hydrogens is 309 g/mol. The second-order valence-electron chi connectivity index (χ2n) is 5.12. The van der Waals surface area contributed by atoms with Crippen LogP contribution in [0.2, 0.25) is 0 Å². The first kappa shape index (κ1) is 17.7. The number of fused-ring (bicyclic) bond motifs is 1. The van der Waals surface area contributed by atoms with E-state index in [1.807, 2.05) is 26.0 Å². The Morgan fingerprint density at radius 3 is 2.71 bits per heavy atom. The first-order valence-electron chi connectivity index (χ1n) is 6.70. The average molecular weight is 330 g/mol. The van der Waals surface area contributed by atoms with Crippen molar-refractivity contribution in [3.8, 4) is 0 Å². The van der Waals surface area contributed by atoms with Crippen LogP contribution in [-0.2, 0) is 13.0 Å². The molecule has 0 radical (unpaired) electrons. The molecule has 21 heavy (non-hydrogen) atoms.